The van der Waals surface area contributed by atoms with Crippen LogP contribution in [0.2, 0.25) is 0 Å². The van der Waals surface area contributed by atoms with E-state index in [0.29, 0.717) is 0 Å². The summed E-state index contributed by atoms with van der Waals surface area (Å²) in [4.78, 5) is 30.8. The molecule has 2 heterocycles. The van der Waals surface area contributed by atoms with Gasteiger partial charge in [0.2, 0.25) is 0 Å². The Hall–Kier alpha value is -3.80. The highest BCUT2D eigenvalue weighted by atomic mass is 32.2. The maximum atomic E-state index is 12.3. The normalized spacial score (nSPS) is 11.6. The first-order valence-electron chi connectivity index (χ1n) is 7.43. The monoisotopic (exact) mass is 387 g/mol. The minimum Gasteiger partial charge on any atom is -0.383 e. The summed E-state index contributed by atoms with van der Waals surface area (Å²) < 4.78 is 27.0. The predicted octanol–water partition coefficient (Wildman–Crippen LogP) is 1.26. The number of nitrogens with two attached hydrogens (primary N) is 1. The van der Waals surface area contributed by atoms with Crippen LogP contribution >= 0.6 is 0 Å². The molecule has 27 heavy (non-hydrogen) atoms. The third-order valence-corrected chi connectivity index (χ3v) is 4.63. The summed E-state index contributed by atoms with van der Waals surface area (Å²) in [6, 6.07) is 10.3. The van der Waals surface area contributed by atoms with Gasteiger partial charge in [-0.05, 0) is 36.4 Å². The molecule has 0 bridgehead atoms. The zero-order chi connectivity index (χ0) is 19.4. The van der Waals surface area contributed by atoms with Crippen molar-refractivity contribution in [2.24, 2.45) is 10.2 Å². The van der Waals surface area contributed by atoms with Crippen molar-refractivity contribution >= 4 is 33.0 Å². The Balaban J connectivity index is 1.82. The third-order valence-electron chi connectivity index (χ3n) is 3.26. The highest BCUT2D eigenvalue weighted by Gasteiger charge is 2.14. The van der Waals surface area contributed by atoms with Crippen molar-refractivity contribution < 1.29 is 8.42 Å². The summed E-state index contributed by atoms with van der Waals surface area (Å²) in [5.74, 6) is -0.0414. The number of nitrogen functional groups attached to an aromatic ring is 1. The number of aromatic amines is 2. The number of pyridine rings is 1. The van der Waals surface area contributed by atoms with Crippen molar-refractivity contribution in [2.75, 3.05) is 10.5 Å². The summed E-state index contributed by atoms with van der Waals surface area (Å²) in [7, 11) is -3.81. The van der Waals surface area contributed by atoms with Gasteiger partial charge in [0, 0.05) is 6.20 Å². The van der Waals surface area contributed by atoms with E-state index in [-0.39, 0.29) is 27.9 Å². The maximum absolute atomic E-state index is 12.3. The number of rotatable bonds is 5. The standard InChI is InChI=1S/C15H13N7O4S/c16-13-12(14(23)19-15(24)18-13)21-20-9-4-6-10(7-5-9)27(25,26)22-11-3-1-2-8-17-11/h1-8H,(H,17,22)(H4,16,18,19,23,24). The van der Waals surface area contributed by atoms with Crippen LogP contribution in [0.15, 0.2) is 73.4 Å². The van der Waals surface area contributed by atoms with Crippen LogP contribution in [-0.4, -0.2) is 23.4 Å². The van der Waals surface area contributed by atoms with Gasteiger partial charge in [-0.2, -0.15) is 5.11 Å². The van der Waals surface area contributed by atoms with Gasteiger partial charge in [-0.1, -0.05) is 6.07 Å². The summed E-state index contributed by atoms with van der Waals surface area (Å²) in [6.07, 6.45) is 1.46. The van der Waals surface area contributed by atoms with Crippen molar-refractivity contribution in [2.45, 2.75) is 4.90 Å². The number of azo groups is 1. The fourth-order valence-corrected chi connectivity index (χ4v) is 3.02. The van der Waals surface area contributed by atoms with Gasteiger partial charge in [0.15, 0.2) is 5.69 Å². The van der Waals surface area contributed by atoms with Crippen LogP contribution in [0.5, 0.6) is 0 Å². The van der Waals surface area contributed by atoms with Crippen molar-refractivity contribution in [3.63, 3.8) is 0 Å². The molecule has 0 amide bonds. The largest absolute Gasteiger partial charge is 0.383 e. The van der Waals surface area contributed by atoms with E-state index in [1.165, 1.54) is 36.5 Å². The van der Waals surface area contributed by atoms with E-state index in [1.54, 1.807) is 12.1 Å². The molecule has 1 aromatic carbocycles. The molecule has 5 N–H and O–H groups in total. The second-order valence-corrected chi connectivity index (χ2v) is 6.87. The Labute approximate surface area is 152 Å². The first kappa shape index (κ1) is 18.0. The van der Waals surface area contributed by atoms with E-state index in [4.69, 9.17) is 5.73 Å². The first-order valence-corrected chi connectivity index (χ1v) is 8.91. The molecule has 11 nitrogen and oxygen atoms in total. The average Bonchev–Trinajstić information content (AvgIpc) is 2.61. The molecule has 0 fully saturated rings. The lowest BCUT2D eigenvalue weighted by Gasteiger charge is -2.06. The molecule has 12 heteroatoms. The molecule has 0 radical (unpaired) electrons. The van der Waals surface area contributed by atoms with Crippen LogP contribution in [0.4, 0.5) is 23.0 Å². The molecule has 2 aromatic heterocycles. The lowest BCUT2D eigenvalue weighted by Crippen LogP contribution is -2.23. The van der Waals surface area contributed by atoms with Gasteiger partial charge >= 0.3 is 5.69 Å². The molecule has 0 atom stereocenters. The average molecular weight is 387 g/mol. The number of hydrogen-bond donors (Lipinski definition) is 4. The Morgan fingerprint density at radius 1 is 1.00 bits per heavy atom. The second-order valence-electron chi connectivity index (χ2n) is 5.18. The molecule has 138 valence electrons. The zero-order valence-electron chi connectivity index (χ0n) is 13.6. The molecule has 0 unspecified atom stereocenters. The molecule has 3 aromatic rings. The lowest BCUT2D eigenvalue weighted by molar-refractivity contribution is 0.601. The number of sulfonamides is 1. The van der Waals surface area contributed by atoms with E-state index >= 15 is 0 Å². The highest BCUT2D eigenvalue weighted by molar-refractivity contribution is 7.92. The van der Waals surface area contributed by atoms with Gasteiger partial charge in [-0.15, -0.1) is 5.11 Å². The lowest BCUT2D eigenvalue weighted by atomic mass is 10.3. The Morgan fingerprint density at radius 3 is 2.37 bits per heavy atom. The molecule has 0 aliphatic carbocycles. The van der Waals surface area contributed by atoms with E-state index in [1.807, 2.05) is 4.98 Å². The Bertz CT molecular complexity index is 1200. The zero-order valence-corrected chi connectivity index (χ0v) is 14.4. The van der Waals surface area contributed by atoms with Crippen molar-refractivity contribution in [1.82, 2.24) is 15.0 Å². The van der Waals surface area contributed by atoms with Gasteiger partial charge in [-0.3, -0.25) is 19.5 Å². The van der Waals surface area contributed by atoms with Gasteiger partial charge in [0.1, 0.15) is 11.6 Å². The number of benzene rings is 1. The summed E-state index contributed by atoms with van der Waals surface area (Å²) in [6.45, 7) is 0. The molecular weight excluding hydrogens is 374 g/mol. The fraction of sp³-hybridized carbons (Fsp3) is 0. The summed E-state index contributed by atoms with van der Waals surface area (Å²) >= 11 is 0. The quantitative estimate of drug-likeness (QED) is 0.479. The molecule has 3 rings (SSSR count). The second kappa shape index (κ2) is 7.21. The van der Waals surface area contributed by atoms with Crippen LogP contribution in [0.3, 0.4) is 0 Å². The molecule has 0 spiro atoms. The molecule has 0 aliphatic heterocycles. The molecule has 0 saturated heterocycles. The summed E-state index contributed by atoms with van der Waals surface area (Å²) in [5, 5.41) is 7.50. The Kier molecular flexibility index (Phi) is 4.81. The number of hydrogen-bond acceptors (Lipinski definition) is 8. The van der Waals surface area contributed by atoms with E-state index in [9.17, 15) is 18.0 Å². The fourth-order valence-electron chi connectivity index (χ4n) is 2.02. The predicted molar refractivity (Wildman–Crippen MR) is 97.8 cm³/mol. The van der Waals surface area contributed by atoms with Crippen LogP contribution < -0.4 is 21.7 Å². The minimum absolute atomic E-state index is 0.00601. The van der Waals surface area contributed by atoms with Gasteiger partial charge in [0.05, 0.1) is 10.6 Å². The van der Waals surface area contributed by atoms with Crippen molar-refractivity contribution in [3.8, 4) is 0 Å². The van der Waals surface area contributed by atoms with Crippen LogP contribution in [0.25, 0.3) is 0 Å². The molecular formula is C15H13N7O4S. The number of nitrogens with zero attached hydrogens (tertiary/aromatic N) is 3. The van der Waals surface area contributed by atoms with Gasteiger partial charge in [0.25, 0.3) is 15.6 Å². The van der Waals surface area contributed by atoms with E-state index < -0.39 is 21.3 Å². The van der Waals surface area contributed by atoms with Crippen LogP contribution in [-0.2, 0) is 10.0 Å². The minimum atomic E-state index is -3.81. The van der Waals surface area contributed by atoms with Crippen LogP contribution in [0, 0.1) is 0 Å². The maximum Gasteiger partial charge on any atom is 0.327 e. The SMILES string of the molecule is Nc1[nH]c(=O)[nH]c(=O)c1N=Nc1ccc(S(=O)(=O)Nc2ccccn2)cc1. The number of anilines is 2. The molecule has 0 saturated carbocycles. The van der Waals surface area contributed by atoms with E-state index in [2.05, 4.69) is 24.9 Å². The van der Waals surface area contributed by atoms with Gasteiger partial charge in [-0.25, -0.2) is 18.2 Å². The van der Waals surface area contributed by atoms with E-state index in [0.717, 1.165) is 0 Å². The third kappa shape index (κ3) is 4.24. The number of H-pyrrole nitrogens is 2. The molecule has 0 aliphatic rings. The van der Waals surface area contributed by atoms with Gasteiger partial charge < -0.3 is 5.73 Å². The smallest absolute Gasteiger partial charge is 0.327 e. The first-order chi connectivity index (χ1) is 12.8. The highest BCUT2D eigenvalue weighted by Crippen LogP contribution is 2.21. The summed E-state index contributed by atoms with van der Waals surface area (Å²) in [5.41, 5.74) is 3.98. The topological polar surface area (TPSA) is 176 Å². The van der Waals surface area contributed by atoms with Crippen molar-refractivity contribution in [3.05, 3.63) is 69.5 Å². The number of aromatic nitrogens is 3. The Morgan fingerprint density at radius 2 is 1.74 bits per heavy atom. The van der Waals surface area contributed by atoms with Crippen LogP contribution in [0.1, 0.15) is 0 Å². The number of nitrogens with one attached hydrogen (secondary N) is 3. The van der Waals surface area contributed by atoms with Crippen molar-refractivity contribution in [1.29, 1.82) is 0 Å².